The molecule has 0 aliphatic rings. The van der Waals surface area contributed by atoms with E-state index < -0.39 is 4.92 Å². The molecule has 6 heteroatoms. The van der Waals surface area contributed by atoms with E-state index in [1.807, 2.05) is 24.3 Å². The maximum absolute atomic E-state index is 10.8. The largest absolute Gasteiger partial charge is 0.270 e. The average Bonchev–Trinajstić information content (AvgIpc) is 2.96. The highest BCUT2D eigenvalue weighted by Crippen LogP contribution is 2.28. The SMILES string of the molecule is N#CC(=Cc1cccc([N+](=O)[O-])c1)c1nc2ccccc2s1. The van der Waals surface area contributed by atoms with Crippen LogP contribution in [-0.2, 0) is 0 Å². The summed E-state index contributed by atoms with van der Waals surface area (Å²) in [6.45, 7) is 0. The number of para-hydroxylation sites is 1. The maximum atomic E-state index is 10.8. The van der Waals surface area contributed by atoms with Crippen molar-refractivity contribution in [2.24, 2.45) is 0 Å². The number of hydrogen-bond donors (Lipinski definition) is 0. The zero-order valence-corrected chi connectivity index (χ0v) is 12.1. The summed E-state index contributed by atoms with van der Waals surface area (Å²) in [5, 5.41) is 20.8. The molecule has 0 N–H and O–H groups in total. The van der Waals surface area contributed by atoms with E-state index in [1.165, 1.54) is 23.5 Å². The van der Waals surface area contributed by atoms with E-state index in [4.69, 9.17) is 0 Å². The molecule has 5 nitrogen and oxygen atoms in total. The van der Waals surface area contributed by atoms with E-state index in [0.717, 1.165) is 10.2 Å². The summed E-state index contributed by atoms with van der Waals surface area (Å²) in [6, 6.07) is 15.9. The zero-order chi connectivity index (χ0) is 15.5. The van der Waals surface area contributed by atoms with Gasteiger partial charge in [0.05, 0.1) is 20.7 Å². The fraction of sp³-hybridized carbons (Fsp3) is 0. The molecule has 0 saturated carbocycles. The lowest BCUT2D eigenvalue weighted by atomic mass is 10.1. The van der Waals surface area contributed by atoms with Gasteiger partial charge in [0.1, 0.15) is 11.1 Å². The molecule has 3 rings (SSSR count). The number of nitrogens with zero attached hydrogens (tertiary/aromatic N) is 3. The number of hydrogen-bond acceptors (Lipinski definition) is 5. The molecular formula is C16H9N3O2S. The van der Waals surface area contributed by atoms with E-state index in [0.29, 0.717) is 16.1 Å². The lowest BCUT2D eigenvalue weighted by Gasteiger charge is -1.96. The van der Waals surface area contributed by atoms with Crippen LogP contribution in [0, 0.1) is 21.4 Å². The normalized spacial score (nSPS) is 11.3. The van der Waals surface area contributed by atoms with E-state index in [1.54, 1.807) is 18.2 Å². The third-order valence-electron chi connectivity index (χ3n) is 3.04. The number of thiazole rings is 1. The van der Waals surface area contributed by atoms with Gasteiger partial charge in [-0.15, -0.1) is 11.3 Å². The van der Waals surface area contributed by atoms with Crippen molar-refractivity contribution in [1.29, 1.82) is 5.26 Å². The minimum Gasteiger partial charge on any atom is -0.258 e. The highest BCUT2D eigenvalue weighted by atomic mass is 32.1. The van der Waals surface area contributed by atoms with Crippen molar-refractivity contribution < 1.29 is 4.92 Å². The van der Waals surface area contributed by atoms with Gasteiger partial charge >= 0.3 is 0 Å². The van der Waals surface area contributed by atoms with E-state index in [2.05, 4.69) is 11.1 Å². The fourth-order valence-corrected chi connectivity index (χ4v) is 2.96. The highest BCUT2D eigenvalue weighted by molar-refractivity contribution is 7.19. The van der Waals surface area contributed by atoms with Crippen LogP contribution in [0.3, 0.4) is 0 Å². The van der Waals surface area contributed by atoms with Crippen LogP contribution >= 0.6 is 11.3 Å². The Morgan fingerprint density at radius 3 is 2.82 bits per heavy atom. The lowest BCUT2D eigenvalue weighted by Crippen LogP contribution is -1.88. The Morgan fingerprint density at radius 1 is 1.27 bits per heavy atom. The first kappa shape index (κ1) is 13.9. The molecule has 0 atom stereocenters. The number of nitro groups is 1. The van der Waals surface area contributed by atoms with Gasteiger partial charge in [-0.3, -0.25) is 10.1 Å². The van der Waals surface area contributed by atoms with Crippen LogP contribution in [-0.4, -0.2) is 9.91 Å². The predicted octanol–water partition coefficient (Wildman–Crippen LogP) is 4.27. The van der Waals surface area contributed by atoms with Gasteiger partial charge in [-0.05, 0) is 23.8 Å². The Labute approximate surface area is 129 Å². The smallest absolute Gasteiger partial charge is 0.258 e. The minimum absolute atomic E-state index is 0.00432. The van der Waals surface area contributed by atoms with Gasteiger partial charge in [0.25, 0.3) is 5.69 Å². The lowest BCUT2D eigenvalue weighted by molar-refractivity contribution is -0.384. The second-order valence-corrected chi connectivity index (χ2v) is 5.54. The molecule has 22 heavy (non-hydrogen) atoms. The number of non-ortho nitro benzene ring substituents is 1. The molecule has 0 saturated heterocycles. The number of nitriles is 1. The first-order valence-corrected chi connectivity index (χ1v) is 7.21. The molecule has 106 valence electrons. The fourth-order valence-electron chi connectivity index (χ4n) is 2.02. The Morgan fingerprint density at radius 2 is 2.09 bits per heavy atom. The van der Waals surface area contributed by atoms with E-state index >= 15 is 0 Å². The molecule has 0 unspecified atom stereocenters. The van der Waals surface area contributed by atoms with Gasteiger partial charge in [-0.25, -0.2) is 4.98 Å². The van der Waals surface area contributed by atoms with E-state index in [9.17, 15) is 15.4 Å². The summed E-state index contributed by atoms with van der Waals surface area (Å²) in [6.07, 6.45) is 1.62. The van der Waals surface area contributed by atoms with Gasteiger partial charge in [0.2, 0.25) is 0 Å². The summed E-state index contributed by atoms with van der Waals surface area (Å²) in [7, 11) is 0. The van der Waals surface area contributed by atoms with Gasteiger partial charge in [0.15, 0.2) is 0 Å². The van der Waals surface area contributed by atoms with E-state index in [-0.39, 0.29) is 5.69 Å². The summed E-state index contributed by atoms with van der Waals surface area (Å²) in [5.74, 6) is 0. The quantitative estimate of drug-likeness (QED) is 0.411. The molecule has 0 amide bonds. The Bertz CT molecular complexity index is 905. The molecule has 1 heterocycles. The molecular weight excluding hydrogens is 298 g/mol. The van der Waals surface area contributed by atoms with Crippen molar-refractivity contribution in [2.45, 2.75) is 0 Å². The topological polar surface area (TPSA) is 79.8 Å². The maximum Gasteiger partial charge on any atom is 0.270 e. The molecule has 0 spiro atoms. The summed E-state index contributed by atoms with van der Waals surface area (Å²) < 4.78 is 0.998. The highest BCUT2D eigenvalue weighted by Gasteiger charge is 2.10. The molecule has 0 radical (unpaired) electrons. The van der Waals surface area contributed by atoms with Crippen molar-refractivity contribution in [1.82, 2.24) is 4.98 Å². The molecule has 0 aliphatic heterocycles. The molecule has 0 bridgehead atoms. The number of fused-ring (bicyclic) bond motifs is 1. The third-order valence-corrected chi connectivity index (χ3v) is 4.11. The van der Waals surface area contributed by atoms with Crippen LogP contribution in [0.1, 0.15) is 10.6 Å². The van der Waals surface area contributed by atoms with Crippen LogP contribution in [0.2, 0.25) is 0 Å². The first-order valence-electron chi connectivity index (χ1n) is 6.39. The van der Waals surface area contributed by atoms with Gasteiger partial charge in [-0.2, -0.15) is 5.26 Å². The monoisotopic (exact) mass is 307 g/mol. The summed E-state index contributed by atoms with van der Waals surface area (Å²) >= 11 is 1.42. The van der Waals surface area contributed by atoms with Crippen molar-refractivity contribution >= 4 is 38.9 Å². The summed E-state index contributed by atoms with van der Waals surface area (Å²) in [5.41, 5.74) is 1.82. The van der Waals surface area contributed by atoms with Crippen LogP contribution in [0.15, 0.2) is 48.5 Å². The van der Waals surface area contributed by atoms with Gasteiger partial charge < -0.3 is 0 Å². The molecule has 1 aromatic heterocycles. The molecule has 2 aromatic carbocycles. The standard InChI is InChI=1S/C16H9N3O2S/c17-10-12(8-11-4-3-5-13(9-11)19(20)21)16-18-14-6-1-2-7-15(14)22-16/h1-9H. The number of nitro benzene ring substituents is 1. The van der Waals surface area contributed by atoms with Gasteiger partial charge in [0, 0.05) is 12.1 Å². The van der Waals surface area contributed by atoms with Crippen molar-refractivity contribution in [3.63, 3.8) is 0 Å². The zero-order valence-electron chi connectivity index (χ0n) is 11.3. The number of benzene rings is 2. The minimum atomic E-state index is -0.457. The van der Waals surface area contributed by atoms with Crippen LogP contribution < -0.4 is 0 Å². The van der Waals surface area contributed by atoms with Gasteiger partial charge in [-0.1, -0.05) is 24.3 Å². The van der Waals surface area contributed by atoms with Crippen LogP contribution in [0.25, 0.3) is 21.9 Å². The number of allylic oxidation sites excluding steroid dienone is 1. The number of aromatic nitrogens is 1. The Hall–Kier alpha value is -3.04. The Kier molecular flexibility index (Phi) is 3.64. The number of rotatable bonds is 3. The Balaban J connectivity index is 2.05. The first-order chi connectivity index (χ1) is 10.7. The average molecular weight is 307 g/mol. The predicted molar refractivity (Wildman–Crippen MR) is 86.2 cm³/mol. The second-order valence-electron chi connectivity index (χ2n) is 4.51. The second kappa shape index (κ2) is 5.76. The third kappa shape index (κ3) is 2.71. The molecule has 3 aromatic rings. The van der Waals surface area contributed by atoms with Crippen molar-refractivity contribution in [2.75, 3.05) is 0 Å². The summed E-state index contributed by atoms with van der Waals surface area (Å²) in [4.78, 5) is 14.8. The molecule has 0 fully saturated rings. The van der Waals surface area contributed by atoms with Crippen molar-refractivity contribution in [3.8, 4) is 6.07 Å². The van der Waals surface area contributed by atoms with Crippen LogP contribution in [0.4, 0.5) is 5.69 Å². The van der Waals surface area contributed by atoms with Crippen molar-refractivity contribution in [3.05, 3.63) is 69.2 Å². The van der Waals surface area contributed by atoms with Crippen LogP contribution in [0.5, 0.6) is 0 Å². The molecule has 0 aliphatic carbocycles.